The molecule has 0 saturated carbocycles. The van der Waals surface area contributed by atoms with Gasteiger partial charge in [-0.3, -0.25) is 4.79 Å². The van der Waals surface area contributed by atoms with Gasteiger partial charge in [-0.05, 0) is 48.9 Å². The van der Waals surface area contributed by atoms with Gasteiger partial charge in [-0.25, -0.2) is 12.8 Å². The molecule has 0 atom stereocenters. The minimum Gasteiger partial charge on any atom is -0.493 e. The molecule has 0 unspecified atom stereocenters. The fraction of sp³-hybridized carbons (Fsp3) is 0.350. The van der Waals surface area contributed by atoms with Crippen molar-refractivity contribution in [1.82, 2.24) is 9.21 Å². The summed E-state index contributed by atoms with van der Waals surface area (Å²) in [5, 5.41) is 0. The van der Waals surface area contributed by atoms with E-state index >= 15 is 0 Å². The fourth-order valence-corrected chi connectivity index (χ4v) is 4.96. The predicted molar refractivity (Wildman–Crippen MR) is 111 cm³/mol. The normalized spacial score (nSPS) is 15.7. The fourth-order valence-electron chi connectivity index (χ4n) is 3.11. The Morgan fingerprint density at radius 2 is 1.83 bits per heavy atom. The number of carbonyl (C=O) groups is 1. The molecule has 1 saturated heterocycles. The van der Waals surface area contributed by atoms with Gasteiger partial charge in [0.1, 0.15) is 11.6 Å². The van der Waals surface area contributed by atoms with Crippen molar-refractivity contribution in [2.24, 2.45) is 0 Å². The van der Waals surface area contributed by atoms with E-state index in [1.165, 1.54) is 16.4 Å². The summed E-state index contributed by atoms with van der Waals surface area (Å²) in [4.78, 5) is 14.2. The second kappa shape index (κ2) is 9.69. The van der Waals surface area contributed by atoms with Gasteiger partial charge in [0.05, 0.1) is 17.9 Å². The van der Waals surface area contributed by atoms with Crippen molar-refractivity contribution in [3.05, 3.63) is 58.8 Å². The van der Waals surface area contributed by atoms with Gasteiger partial charge in [0, 0.05) is 30.7 Å². The average molecular weight is 485 g/mol. The molecule has 0 N–H and O–H groups in total. The molecule has 1 aliphatic rings. The van der Waals surface area contributed by atoms with Gasteiger partial charge >= 0.3 is 0 Å². The molecule has 0 bridgehead atoms. The van der Waals surface area contributed by atoms with Crippen LogP contribution in [0.4, 0.5) is 4.39 Å². The highest BCUT2D eigenvalue weighted by atomic mass is 79.9. The Labute approximate surface area is 178 Å². The Kier molecular flexibility index (Phi) is 7.26. The van der Waals surface area contributed by atoms with Crippen LogP contribution in [-0.2, 0) is 14.8 Å². The maximum absolute atomic E-state index is 13.1. The third-order valence-corrected chi connectivity index (χ3v) is 7.05. The van der Waals surface area contributed by atoms with Gasteiger partial charge in [-0.1, -0.05) is 22.0 Å². The maximum Gasteiger partial charge on any atom is 0.243 e. The number of sulfonamides is 1. The van der Waals surface area contributed by atoms with Crippen molar-refractivity contribution in [2.75, 3.05) is 32.8 Å². The molecule has 156 valence electrons. The molecule has 29 heavy (non-hydrogen) atoms. The van der Waals surface area contributed by atoms with Crippen LogP contribution in [0.2, 0.25) is 0 Å². The van der Waals surface area contributed by atoms with E-state index in [0.29, 0.717) is 31.8 Å². The Bertz CT molecular complexity index is 953. The lowest BCUT2D eigenvalue weighted by Crippen LogP contribution is -2.37. The van der Waals surface area contributed by atoms with Crippen LogP contribution in [0, 0.1) is 5.82 Å². The lowest BCUT2D eigenvalue weighted by atomic mass is 10.3. The van der Waals surface area contributed by atoms with Gasteiger partial charge in [0.25, 0.3) is 0 Å². The minimum absolute atomic E-state index is 0.0566. The molecular formula is C20H22BrFN2O4S. The molecule has 1 amide bonds. The van der Waals surface area contributed by atoms with E-state index < -0.39 is 15.8 Å². The predicted octanol–water partition coefficient (Wildman–Crippen LogP) is 3.28. The number of benzene rings is 2. The zero-order valence-corrected chi connectivity index (χ0v) is 18.2. The van der Waals surface area contributed by atoms with E-state index in [1.54, 1.807) is 4.90 Å². The molecule has 0 radical (unpaired) electrons. The van der Waals surface area contributed by atoms with Crippen molar-refractivity contribution < 1.29 is 22.3 Å². The maximum atomic E-state index is 13.1. The van der Waals surface area contributed by atoms with E-state index in [9.17, 15) is 17.6 Å². The summed E-state index contributed by atoms with van der Waals surface area (Å²) in [5.41, 5.74) is 0. The molecule has 3 rings (SSSR count). The standard InChI is InChI=1S/C20H22BrFN2O4S/c21-16-3-1-4-18(15-16)28-14-9-20(25)23-10-2-11-24(13-12-23)29(26,27)19-7-5-17(22)6-8-19/h1,3-8,15H,2,9-14H2. The number of ether oxygens (including phenoxy) is 1. The second-order valence-corrected chi connectivity index (χ2v) is 9.50. The Hall–Kier alpha value is -1.97. The molecule has 1 aliphatic heterocycles. The third-order valence-electron chi connectivity index (χ3n) is 4.64. The summed E-state index contributed by atoms with van der Waals surface area (Å²) < 4.78 is 46.5. The number of hydrogen-bond acceptors (Lipinski definition) is 4. The highest BCUT2D eigenvalue weighted by Crippen LogP contribution is 2.19. The van der Waals surface area contributed by atoms with Crippen LogP contribution in [0.5, 0.6) is 5.75 Å². The van der Waals surface area contributed by atoms with Crippen LogP contribution < -0.4 is 4.74 Å². The topological polar surface area (TPSA) is 66.9 Å². The molecule has 2 aromatic rings. The molecule has 6 nitrogen and oxygen atoms in total. The van der Waals surface area contributed by atoms with Gasteiger partial charge in [-0.2, -0.15) is 4.31 Å². The second-order valence-electron chi connectivity index (χ2n) is 6.65. The molecule has 1 heterocycles. The molecular weight excluding hydrogens is 463 g/mol. The summed E-state index contributed by atoms with van der Waals surface area (Å²) in [6.07, 6.45) is 0.760. The van der Waals surface area contributed by atoms with Crippen LogP contribution in [0.1, 0.15) is 12.8 Å². The zero-order valence-electron chi connectivity index (χ0n) is 15.8. The van der Waals surface area contributed by atoms with E-state index in [2.05, 4.69) is 15.9 Å². The van der Waals surface area contributed by atoms with Crippen molar-refractivity contribution in [3.63, 3.8) is 0 Å². The first-order chi connectivity index (χ1) is 13.9. The van der Waals surface area contributed by atoms with Gasteiger partial charge < -0.3 is 9.64 Å². The van der Waals surface area contributed by atoms with Crippen molar-refractivity contribution in [3.8, 4) is 5.75 Å². The van der Waals surface area contributed by atoms with Gasteiger partial charge in [0.2, 0.25) is 15.9 Å². The average Bonchev–Trinajstić information content (AvgIpc) is 2.95. The number of carbonyl (C=O) groups excluding carboxylic acids is 1. The quantitative estimate of drug-likeness (QED) is 0.630. The summed E-state index contributed by atoms with van der Waals surface area (Å²) in [6, 6.07) is 12.2. The Morgan fingerprint density at radius 3 is 2.55 bits per heavy atom. The lowest BCUT2D eigenvalue weighted by molar-refractivity contribution is -0.131. The Morgan fingerprint density at radius 1 is 1.07 bits per heavy atom. The number of nitrogens with zero attached hydrogens (tertiary/aromatic N) is 2. The monoisotopic (exact) mass is 484 g/mol. The molecule has 0 aromatic heterocycles. The first-order valence-electron chi connectivity index (χ1n) is 9.28. The number of hydrogen-bond donors (Lipinski definition) is 0. The molecule has 2 aromatic carbocycles. The highest BCUT2D eigenvalue weighted by Gasteiger charge is 2.28. The van der Waals surface area contributed by atoms with E-state index in [1.807, 2.05) is 24.3 Å². The first-order valence-corrected chi connectivity index (χ1v) is 11.5. The molecule has 0 spiro atoms. The largest absolute Gasteiger partial charge is 0.493 e. The van der Waals surface area contributed by atoms with Crippen LogP contribution in [0.3, 0.4) is 0 Å². The summed E-state index contributed by atoms with van der Waals surface area (Å²) in [5.74, 6) is 0.127. The molecule has 1 fully saturated rings. The van der Waals surface area contributed by atoms with Gasteiger partial charge in [0.15, 0.2) is 0 Å². The van der Waals surface area contributed by atoms with Crippen molar-refractivity contribution >= 4 is 31.9 Å². The van der Waals surface area contributed by atoms with E-state index in [4.69, 9.17) is 4.74 Å². The van der Waals surface area contributed by atoms with Crippen LogP contribution in [-0.4, -0.2) is 56.3 Å². The number of rotatable bonds is 6. The molecule has 0 aliphatic carbocycles. The van der Waals surface area contributed by atoms with Crippen molar-refractivity contribution in [2.45, 2.75) is 17.7 Å². The summed E-state index contributed by atoms with van der Waals surface area (Å²) in [6.45, 7) is 1.58. The number of amides is 1. The van der Waals surface area contributed by atoms with Gasteiger partial charge in [-0.15, -0.1) is 0 Å². The van der Waals surface area contributed by atoms with E-state index in [0.717, 1.165) is 16.6 Å². The van der Waals surface area contributed by atoms with Crippen molar-refractivity contribution in [1.29, 1.82) is 0 Å². The smallest absolute Gasteiger partial charge is 0.243 e. The number of halogens is 2. The molecule has 9 heteroatoms. The highest BCUT2D eigenvalue weighted by molar-refractivity contribution is 9.10. The summed E-state index contributed by atoms with van der Waals surface area (Å²) >= 11 is 3.37. The van der Waals surface area contributed by atoms with Crippen LogP contribution in [0.15, 0.2) is 57.9 Å². The van der Waals surface area contributed by atoms with E-state index in [-0.39, 0.29) is 30.4 Å². The first kappa shape index (κ1) is 21.7. The van der Waals surface area contributed by atoms with Crippen LogP contribution >= 0.6 is 15.9 Å². The summed E-state index contributed by atoms with van der Waals surface area (Å²) in [7, 11) is -3.71. The zero-order chi connectivity index (χ0) is 20.9. The SMILES string of the molecule is O=C(CCOc1cccc(Br)c1)N1CCCN(S(=O)(=O)c2ccc(F)cc2)CC1. The van der Waals surface area contributed by atoms with Crippen LogP contribution in [0.25, 0.3) is 0 Å². The third kappa shape index (κ3) is 5.77. The minimum atomic E-state index is -3.71. The lowest BCUT2D eigenvalue weighted by Gasteiger charge is -2.22. The Balaban J connectivity index is 1.53.